The second-order valence-electron chi connectivity index (χ2n) is 6.00. The van der Waals surface area contributed by atoms with Crippen molar-refractivity contribution in [3.05, 3.63) is 33.3 Å². The van der Waals surface area contributed by atoms with Gasteiger partial charge in [0, 0.05) is 25.2 Å². The normalized spacial score (nSPS) is 24.6. The average molecular weight is 313 g/mol. The van der Waals surface area contributed by atoms with E-state index in [0.29, 0.717) is 23.7 Å². The highest BCUT2D eigenvalue weighted by molar-refractivity contribution is 6.42. The van der Waals surface area contributed by atoms with E-state index >= 15 is 0 Å². The number of benzene rings is 1. The standard InChI is InChI=1S/C16H22Cl2N2/c17-14-8-7-12-13(16(14)18)10-20(15(12)9-19)11-5-3-1-2-4-6-11/h7-8,11,15H,1-6,9-10,19H2. The van der Waals surface area contributed by atoms with Crippen LogP contribution >= 0.6 is 23.2 Å². The Balaban J connectivity index is 1.89. The summed E-state index contributed by atoms with van der Waals surface area (Å²) in [7, 11) is 0. The highest BCUT2D eigenvalue weighted by Crippen LogP contribution is 2.42. The van der Waals surface area contributed by atoms with Gasteiger partial charge in [0.1, 0.15) is 0 Å². The molecule has 0 radical (unpaired) electrons. The monoisotopic (exact) mass is 312 g/mol. The third kappa shape index (κ3) is 2.59. The Morgan fingerprint density at radius 3 is 2.45 bits per heavy atom. The van der Waals surface area contributed by atoms with Crippen LogP contribution in [0.1, 0.15) is 55.7 Å². The van der Waals surface area contributed by atoms with Crippen LogP contribution in [0.5, 0.6) is 0 Å². The molecule has 2 nitrogen and oxygen atoms in total. The van der Waals surface area contributed by atoms with Crippen LogP contribution in [-0.4, -0.2) is 17.5 Å². The summed E-state index contributed by atoms with van der Waals surface area (Å²) >= 11 is 12.6. The molecule has 20 heavy (non-hydrogen) atoms. The maximum atomic E-state index is 6.40. The molecule has 2 N–H and O–H groups in total. The zero-order chi connectivity index (χ0) is 14.1. The van der Waals surface area contributed by atoms with E-state index in [2.05, 4.69) is 11.0 Å². The fraction of sp³-hybridized carbons (Fsp3) is 0.625. The van der Waals surface area contributed by atoms with Crippen molar-refractivity contribution in [3.8, 4) is 0 Å². The van der Waals surface area contributed by atoms with Gasteiger partial charge in [0.2, 0.25) is 0 Å². The molecule has 110 valence electrons. The number of rotatable bonds is 2. The second kappa shape index (κ2) is 6.23. The van der Waals surface area contributed by atoms with E-state index in [1.165, 1.54) is 49.7 Å². The summed E-state index contributed by atoms with van der Waals surface area (Å²) in [6, 6.07) is 4.97. The Morgan fingerprint density at radius 2 is 1.80 bits per heavy atom. The van der Waals surface area contributed by atoms with Crippen molar-refractivity contribution in [2.45, 2.75) is 57.2 Å². The number of nitrogens with two attached hydrogens (primary N) is 1. The largest absolute Gasteiger partial charge is 0.329 e. The molecule has 0 amide bonds. The van der Waals surface area contributed by atoms with Gasteiger partial charge in [-0.3, -0.25) is 4.90 Å². The molecule has 1 aromatic rings. The Hall–Kier alpha value is -0.280. The third-order valence-electron chi connectivity index (χ3n) is 4.85. The Labute approximate surface area is 131 Å². The van der Waals surface area contributed by atoms with Crippen LogP contribution in [0.25, 0.3) is 0 Å². The maximum Gasteiger partial charge on any atom is 0.0640 e. The van der Waals surface area contributed by atoms with E-state index in [1.807, 2.05) is 6.07 Å². The van der Waals surface area contributed by atoms with Crippen molar-refractivity contribution >= 4 is 23.2 Å². The number of hydrogen-bond donors (Lipinski definition) is 1. The van der Waals surface area contributed by atoms with Gasteiger partial charge in [-0.25, -0.2) is 0 Å². The molecular weight excluding hydrogens is 291 g/mol. The first kappa shape index (κ1) is 14.6. The minimum Gasteiger partial charge on any atom is -0.329 e. The number of nitrogens with zero attached hydrogens (tertiary/aromatic N) is 1. The Kier molecular flexibility index (Phi) is 4.56. The van der Waals surface area contributed by atoms with Crippen LogP contribution in [0.15, 0.2) is 12.1 Å². The van der Waals surface area contributed by atoms with E-state index in [1.54, 1.807) is 0 Å². The summed E-state index contributed by atoms with van der Waals surface area (Å²) in [6.07, 6.45) is 7.99. The molecule has 0 aromatic heterocycles. The lowest BCUT2D eigenvalue weighted by atomic mass is 10.0. The molecule has 1 unspecified atom stereocenters. The van der Waals surface area contributed by atoms with E-state index in [4.69, 9.17) is 28.9 Å². The van der Waals surface area contributed by atoms with Crippen LogP contribution in [0, 0.1) is 0 Å². The Bertz CT molecular complexity index is 482. The molecule has 1 heterocycles. The molecule has 1 aromatic carbocycles. The molecule has 1 atom stereocenters. The van der Waals surface area contributed by atoms with Crippen LogP contribution in [0.3, 0.4) is 0 Å². The van der Waals surface area contributed by atoms with Crippen molar-refractivity contribution in [1.82, 2.24) is 4.90 Å². The molecule has 0 saturated heterocycles. The first-order chi connectivity index (χ1) is 9.72. The van der Waals surface area contributed by atoms with Crippen molar-refractivity contribution in [2.24, 2.45) is 5.73 Å². The molecule has 3 rings (SSSR count). The number of fused-ring (bicyclic) bond motifs is 1. The Morgan fingerprint density at radius 1 is 1.10 bits per heavy atom. The second-order valence-corrected chi connectivity index (χ2v) is 6.78. The SMILES string of the molecule is NCC1c2ccc(Cl)c(Cl)c2CN1C1CCCCCC1. The maximum absolute atomic E-state index is 6.40. The lowest BCUT2D eigenvalue weighted by molar-refractivity contribution is 0.135. The van der Waals surface area contributed by atoms with Gasteiger partial charge < -0.3 is 5.73 Å². The highest BCUT2D eigenvalue weighted by atomic mass is 35.5. The predicted octanol–water partition coefficient (Wildman–Crippen LogP) is 4.53. The minimum absolute atomic E-state index is 0.308. The average Bonchev–Trinajstić information content (AvgIpc) is 2.63. The topological polar surface area (TPSA) is 29.3 Å². The molecule has 1 saturated carbocycles. The fourth-order valence-electron chi connectivity index (χ4n) is 3.79. The number of halogens is 2. The van der Waals surface area contributed by atoms with Gasteiger partial charge in [-0.1, -0.05) is 55.0 Å². The summed E-state index contributed by atoms with van der Waals surface area (Å²) in [6.45, 7) is 1.56. The van der Waals surface area contributed by atoms with Crippen molar-refractivity contribution in [2.75, 3.05) is 6.54 Å². The molecule has 1 aliphatic heterocycles. The summed E-state index contributed by atoms with van der Waals surface area (Å²) < 4.78 is 0. The van der Waals surface area contributed by atoms with Gasteiger partial charge in [-0.15, -0.1) is 0 Å². The predicted molar refractivity (Wildman–Crippen MR) is 85.3 cm³/mol. The van der Waals surface area contributed by atoms with Crippen LogP contribution in [0.2, 0.25) is 10.0 Å². The van der Waals surface area contributed by atoms with E-state index in [9.17, 15) is 0 Å². The first-order valence-corrected chi connectivity index (χ1v) is 8.40. The van der Waals surface area contributed by atoms with Gasteiger partial charge in [0.25, 0.3) is 0 Å². The van der Waals surface area contributed by atoms with Gasteiger partial charge in [-0.05, 0) is 30.0 Å². The fourth-order valence-corrected chi connectivity index (χ4v) is 4.20. The van der Waals surface area contributed by atoms with E-state index in [0.717, 1.165) is 11.6 Å². The highest BCUT2D eigenvalue weighted by Gasteiger charge is 2.35. The third-order valence-corrected chi connectivity index (χ3v) is 5.69. The van der Waals surface area contributed by atoms with Gasteiger partial charge in [-0.2, -0.15) is 0 Å². The molecule has 1 fully saturated rings. The van der Waals surface area contributed by atoms with E-state index in [-0.39, 0.29) is 0 Å². The molecule has 4 heteroatoms. The first-order valence-electron chi connectivity index (χ1n) is 7.65. The lowest BCUT2D eigenvalue weighted by Crippen LogP contribution is -2.36. The van der Waals surface area contributed by atoms with Crippen molar-refractivity contribution in [1.29, 1.82) is 0 Å². The molecule has 1 aliphatic carbocycles. The summed E-state index contributed by atoms with van der Waals surface area (Å²) in [5.41, 5.74) is 8.53. The zero-order valence-electron chi connectivity index (χ0n) is 11.7. The lowest BCUT2D eigenvalue weighted by Gasteiger charge is -2.32. The molecular formula is C16H22Cl2N2. The summed E-state index contributed by atoms with van der Waals surface area (Å²) in [5.74, 6) is 0. The number of hydrogen-bond acceptors (Lipinski definition) is 2. The van der Waals surface area contributed by atoms with Gasteiger partial charge in [0.05, 0.1) is 10.0 Å². The van der Waals surface area contributed by atoms with E-state index < -0.39 is 0 Å². The molecule has 0 bridgehead atoms. The summed E-state index contributed by atoms with van der Waals surface area (Å²) in [4.78, 5) is 2.57. The van der Waals surface area contributed by atoms with Gasteiger partial charge >= 0.3 is 0 Å². The van der Waals surface area contributed by atoms with Gasteiger partial charge in [0.15, 0.2) is 0 Å². The summed E-state index contributed by atoms with van der Waals surface area (Å²) in [5, 5.41) is 1.38. The van der Waals surface area contributed by atoms with Crippen LogP contribution in [-0.2, 0) is 6.54 Å². The minimum atomic E-state index is 0.308. The smallest absolute Gasteiger partial charge is 0.0640 e. The van der Waals surface area contributed by atoms with Crippen molar-refractivity contribution < 1.29 is 0 Å². The quantitative estimate of drug-likeness (QED) is 0.813. The molecule has 2 aliphatic rings. The zero-order valence-corrected chi connectivity index (χ0v) is 13.3. The van der Waals surface area contributed by atoms with Crippen LogP contribution in [0.4, 0.5) is 0 Å². The van der Waals surface area contributed by atoms with Crippen LogP contribution < -0.4 is 5.73 Å². The van der Waals surface area contributed by atoms with Crippen molar-refractivity contribution in [3.63, 3.8) is 0 Å². The molecule has 0 spiro atoms.